The summed E-state index contributed by atoms with van der Waals surface area (Å²) in [5, 5.41) is 0. The van der Waals surface area contributed by atoms with Gasteiger partial charge < -0.3 is 9.64 Å². The SMILES string of the molecule is CCCC(C)(C)c1ccc2c(c1)Oc1cc(C(C)(C)CC)ccc1N2CCC(C)C. The molecule has 164 valence electrons. The van der Waals surface area contributed by atoms with Crippen molar-refractivity contribution in [2.75, 3.05) is 11.4 Å². The topological polar surface area (TPSA) is 12.5 Å². The Morgan fingerprint density at radius 3 is 1.83 bits per heavy atom. The first-order chi connectivity index (χ1) is 14.1. The molecule has 2 aromatic rings. The second kappa shape index (κ2) is 8.65. The molecule has 30 heavy (non-hydrogen) atoms. The minimum atomic E-state index is 0.145. The van der Waals surface area contributed by atoms with Crippen LogP contribution in [0.3, 0.4) is 0 Å². The maximum absolute atomic E-state index is 6.57. The molecule has 1 aliphatic heterocycles. The Balaban J connectivity index is 2.07. The van der Waals surface area contributed by atoms with Crippen molar-refractivity contribution >= 4 is 11.4 Å². The van der Waals surface area contributed by atoms with E-state index in [1.54, 1.807) is 0 Å². The van der Waals surface area contributed by atoms with Gasteiger partial charge in [0.2, 0.25) is 0 Å². The van der Waals surface area contributed by atoms with E-state index < -0.39 is 0 Å². The molecular formula is C28H41NO. The highest BCUT2D eigenvalue weighted by atomic mass is 16.5. The van der Waals surface area contributed by atoms with Crippen molar-refractivity contribution in [3.05, 3.63) is 47.5 Å². The van der Waals surface area contributed by atoms with Gasteiger partial charge in [0.15, 0.2) is 11.5 Å². The molecular weight excluding hydrogens is 366 g/mol. The van der Waals surface area contributed by atoms with E-state index in [1.165, 1.54) is 35.3 Å². The molecule has 0 amide bonds. The van der Waals surface area contributed by atoms with Gasteiger partial charge in [-0.2, -0.15) is 0 Å². The van der Waals surface area contributed by atoms with E-state index in [0.29, 0.717) is 5.92 Å². The average molecular weight is 408 g/mol. The monoisotopic (exact) mass is 407 g/mol. The van der Waals surface area contributed by atoms with Crippen molar-refractivity contribution in [1.82, 2.24) is 0 Å². The number of fused-ring (bicyclic) bond motifs is 2. The second-order valence-electron chi connectivity index (χ2n) is 10.7. The first kappa shape index (κ1) is 22.7. The Labute approximate surface area is 184 Å². The Morgan fingerprint density at radius 2 is 1.37 bits per heavy atom. The standard InChI is InChI=1S/C28H41NO/c1-9-16-28(7,8)22-12-14-24-26(19-22)30-25-18-21(27(5,6)10-2)11-13-23(25)29(24)17-15-20(3)4/h11-14,18-20H,9-10,15-17H2,1-8H3. The van der Waals surface area contributed by atoms with Gasteiger partial charge in [-0.3, -0.25) is 0 Å². The lowest BCUT2D eigenvalue weighted by atomic mass is 9.80. The third-order valence-electron chi connectivity index (χ3n) is 6.97. The molecule has 0 atom stereocenters. The molecule has 0 fully saturated rings. The maximum Gasteiger partial charge on any atom is 0.151 e. The van der Waals surface area contributed by atoms with Crippen LogP contribution in [0.25, 0.3) is 0 Å². The van der Waals surface area contributed by atoms with Crippen LogP contribution < -0.4 is 9.64 Å². The van der Waals surface area contributed by atoms with Crippen LogP contribution in [0.5, 0.6) is 11.5 Å². The van der Waals surface area contributed by atoms with Crippen LogP contribution in [-0.2, 0) is 10.8 Å². The lowest BCUT2D eigenvalue weighted by Crippen LogP contribution is -2.25. The molecule has 0 spiro atoms. The minimum Gasteiger partial charge on any atom is -0.453 e. The molecule has 0 saturated carbocycles. The molecule has 1 aliphatic rings. The van der Waals surface area contributed by atoms with Crippen molar-refractivity contribution in [2.24, 2.45) is 5.92 Å². The second-order valence-corrected chi connectivity index (χ2v) is 10.7. The van der Waals surface area contributed by atoms with E-state index in [2.05, 4.69) is 96.7 Å². The van der Waals surface area contributed by atoms with Gasteiger partial charge in [-0.15, -0.1) is 0 Å². The fourth-order valence-electron chi connectivity index (χ4n) is 4.33. The fourth-order valence-corrected chi connectivity index (χ4v) is 4.33. The molecule has 0 aromatic heterocycles. The molecule has 0 saturated heterocycles. The predicted molar refractivity (Wildman–Crippen MR) is 131 cm³/mol. The Hall–Kier alpha value is -1.96. The van der Waals surface area contributed by atoms with Gasteiger partial charge in [0.05, 0.1) is 11.4 Å². The van der Waals surface area contributed by atoms with Gasteiger partial charge in [-0.25, -0.2) is 0 Å². The Kier molecular flexibility index (Phi) is 6.55. The van der Waals surface area contributed by atoms with Crippen molar-refractivity contribution < 1.29 is 4.74 Å². The molecule has 0 aliphatic carbocycles. The fraction of sp³-hybridized carbons (Fsp3) is 0.571. The maximum atomic E-state index is 6.57. The number of hydrogen-bond acceptors (Lipinski definition) is 2. The Morgan fingerprint density at radius 1 is 0.833 bits per heavy atom. The summed E-state index contributed by atoms with van der Waals surface area (Å²) >= 11 is 0. The van der Waals surface area contributed by atoms with Crippen LogP contribution in [0.1, 0.15) is 92.2 Å². The highest BCUT2D eigenvalue weighted by Gasteiger charge is 2.29. The first-order valence-electron chi connectivity index (χ1n) is 11.8. The van der Waals surface area contributed by atoms with Crippen LogP contribution in [-0.4, -0.2) is 6.54 Å². The summed E-state index contributed by atoms with van der Waals surface area (Å²) in [5.74, 6) is 2.66. The zero-order valence-electron chi connectivity index (χ0n) is 20.4. The summed E-state index contributed by atoms with van der Waals surface area (Å²) in [6.45, 7) is 19.4. The van der Waals surface area contributed by atoms with E-state index >= 15 is 0 Å². The van der Waals surface area contributed by atoms with Crippen LogP contribution in [0, 0.1) is 5.92 Å². The van der Waals surface area contributed by atoms with Gasteiger partial charge >= 0.3 is 0 Å². The molecule has 2 heteroatoms. The van der Waals surface area contributed by atoms with E-state index in [4.69, 9.17) is 4.74 Å². The number of benzene rings is 2. The smallest absolute Gasteiger partial charge is 0.151 e. The summed E-state index contributed by atoms with van der Waals surface area (Å²) in [6.07, 6.45) is 4.62. The molecule has 0 radical (unpaired) electrons. The Bertz CT molecular complexity index is 878. The van der Waals surface area contributed by atoms with Crippen LogP contribution in [0.2, 0.25) is 0 Å². The van der Waals surface area contributed by atoms with E-state index in [-0.39, 0.29) is 10.8 Å². The zero-order chi connectivity index (χ0) is 22.1. The lowest BCUT2D eigenvalue weighted by molar-refractivity contribution is 0.448. The van der Waals surface area contributed by atoms with Gasteiger partial charge in [-0.1, -0.05) is 73.9 Å². The summed E-state index contributed by atoms with van der Waals surface area (Å²) in [6, 6.07) is 13.7. The quantitative estimate of drug-likeness (QED) is 0.433. The summed E-state index contributed by atoms with van der Waals surface area (Å²) in [5.41, 5.74) is 5.40. The number of nitrogens with zero attached hydrogens (tertiary/aromatic N) is 1. The number of ether oxygens (including phenoxy) is 1. The van der Waals surface area contributed by atoms with Gasteiger partial charge in [0.25, 0.3) is 0 Å². The van der Waals surface area contributed by atoms with E-state index in [9.17, 15) is 0 Å². The van der Waals surface area contributed by atoms with Crippen molar-refractivity contribution in [3.63, 3.8) is 0 Å². The minimum absolute atomic E-state index is 0.145. The molecule has 0 N–H and O–H groups in total. The van der Waals surface area contributed by atoms with Gasteiger partial charge in [0, 0.05) is 6.54 Å². The third kappa shape index (κ3) is 4.53. The lowest BCUT2D eigenvalue weighted by Gasteiger charge is -2.36. The molecule has 2 aromatic carbocycles. The van der Waals surface area contributed by atoms with Gasteiger partial charge in [-0.05, 0) is 71.4 Å². The van der Waals surface area contributed by atoms with Gasteiger partial charge in [0.1, 0.15) is 0 Å². The van der Waals surface area contributed by atoms with Crippen molar-refractivity contribution in [3.8, 4) is 11.5 Å². The predicted octanol–water partition coefficient (Wildman–Crippen LogP) is 8.74. The summed E-state index contributed by atoms with van der Waals surface area (Å²) in [7, 11) is 0. The highest BCUT2D eigenvalue weighted by molar-refractivity contribution is 5.78. The van der Waals surface area contributed by atoms with Crippen molar-refractivity contribution in [2.45, 2.75) is 91.9 Å². The molecule has 1 heterocycles. The molecule has 3 rings (SSSR count). The van der Waals surface area contributed by atoms with Crippen LogP contribution in [0.4, 0.5) is 11.4 Å². The number of hydrogen-bond donors (Lipinski definition) is 0. The largest absolute Gasteiger partial charge is 0.453 e. The number of anilines is 2. The van der Waals surface area contributed by atoms with Crippen LogP contribution >= 0.6 is 0 Å². The molecule has 2 nitrogen and oxygen atoms in total. The molecule has 0 bridgehead atoms. The first-order valence-corrected chi connectivity index (χ1v) is 11.8. The number of rotatable bonds is 8. The van der Waals surface area contributed by atoms with Crippen molar-refractivity contribution in [1.29, 1.82) is 0 Å². The normalized spacial score (nSPS) is 13.8. The highest BCUT2D eigenvalue weighted by Crippen LogP contribution is 2.49. The molecule has 0 unspecified atom stereocenters. The average Bonchev–Trinajstić information content (AvgIpc) is 2.70. The summed E-state index contributed by atoms with van der Waals surface area (Å²) in [4.78, 5) is 2.47. The zero-order valence-corrected chi connectivity index (χ0v) is 20.4. The summed E-state index contributed by atoms with van der Waals surface area (Å²) < 4.78 is 6.57. The third-order valence-corrected chi connectivity index (χ3v) is 6.97. The van der Waals surface area contributed by atoms with E-state index in [1.807, 2.05) is 0 Å². The van der Waals surface area contributed by atoms with E-state index in [0.717, 1.165) is 30.9 Å². The van der Waals surface area contributed by atoms with Crippen LogP contribution in [0.15, 0.2) is 36.4 Å².